The first-order valence-electron chi connectivity index (χ1n) is 22.6. The number of nitrogens with zero attached hydrogens (tertiary/aromatic N) is 4. The van der Waals surface area contributed by atoms with Crippen molar-refractivity contribution in [2.24, 2.45) is 0 Å². The number of para-hydroxylation sites is 4. The number of hydrogen-bond donors (Lipinski definition) is 0. The lowest BCUT2D eigenvalue weighted by Crippen LogP contribution is -2.30. The van der Waals surface area contributed by atoms with Crippen LogP contribution in [0.3, 0.4) is 0 Å². The van der Waals surface area contributed by atoms with E-state index < -0.39 is 0 Å². The lowest BCUT2D eigenvalue weighted by molar-refractivity contribution is 0.632. The molecule has 0 aliphatic carbocycles. The molecule has 66 heavy (non-hydrogen) atoms. The zero-order valence-electron chi connectivity index (χ0n) is 37.4. The molecule has 0 N–H and O–H groups in total. The summed E-state index contributed by atoms with van der Waals surface area (Å²) in [6, 6.07) is 77.5. The number of benzene rings is 9. The van der Waals surface area contributed by atoms with Crippen molar-refractivity contribution in [3.8, 4) is 56.6 Å². The summed E-state index contributed by atoms with van der Waals surface area (Å²) in [6.45, 7) is 9.21. The highest BCUT2D eigenvalue weighted by molar-refractivity contribution is 6.07. The molecule has 0 atom stereocenters. The van der Waals surface area contributed by atoms with E-state index in [0.717, 1.165) is 78.6 Å². The fraction of sp³-hybridized carbons (Fsp3) is 0.0968. The van der Waals surface area contributed by atoms with Crippen LogP contribution in [0.5, 0.6) is 0 Å². The molecule has 0 unspecified atom stereocenters. The molecule has 0 amide bonds. The maximum absolute atomic E-state index is 11.2. The molecule has 2 aliphatic heterocycles. The molecule has 0 radical (unpaired) electrons. The van der Waals surface area contributed by atoms with Crippen LogP contribution in [-0.2, 0) is 10.8 Å². The van der Waals surface area contributed by atoms with Gasteiger partial charge in [-0.3, -0.25) is 0 Å². The van der Waals surface area contributed by atoms with Gasteiger partial charge in [0, 0.05) is 33.3 Å². The minimum atomic E-state index is -0.181. The predicted molar refractivity (Wildman–Crippen MR) is 271 cm³/mol. The molecular formula is C62H46N4. The molecule has 11 rings (SSSR count). The molecule has 4 heteroatoms. The Hall–Kier alpha value is -8.44. The average Bonchev–Trinajstić information content (AvgIpc) is 3.37. The van der Waals surface area contributed by atoms with Crippen LogP contribution in [0.25, 0.3) is 44.5 Å². The van der Waals surface area contributed by atoms with E-state index in [0.29, 0.717) is 11.1 Å². The normalized spacial score (nSPS) is 13.9. The molecule has 314 valence electrons. The van der Waals surface area contributed by atoms with Gasteiger partial charge in [-0.25, -0.2) is 0 Å². The monoisotopic (exact) mass is 846 g/mol. The van der Waals surface area contributed by atoms with Gasteiger partial charge < -0.3 is 9.80 Å². The molecule has 2 aliphatic rings. The van der Waals surface area contributed by atoms with Crippen LogP contribution in [-0.4, -0.2) is 0 Å². The number of rotatable bonds is 6. The van der Waals surface area contributed by atoms with Crippen LogP contribution >= 0.6 is 0 Å². The van der Waals surface area contributed by atoms with Gasteiger partial charge in [-0.1, -0.05) is 185 Å². The van der Waals surface area contributed by atoms with Crippen LogP contribution in [0.4, 0.5) is 34.1 Å². The van der Waals surface area contributed by atoms with Gasteiger partial charge in [0.25, 0.3) is 0 Å². The van der Waals surface area contributed by atoms with E-state index in [1.54, 1.807) is 0 Å². The van der Waals surface area contributed by atoms with Crippen molar-refractivity contribution in [3.63, 3.8) is 0 Å². The summed E-state index contributed by atoms with van der Waals surface area (Å²) < 4.78 is 0. The summed E-state index contributed by atoms with van der Waals surface area (Å²) in [4.78, 5) is 4.73. The van der Waals surface area contributed by atoms with Crippen molar-refractivity contribution >= 4 is 34.1 Å². The largest absolute Gasteiger partial charge is 0.310 e. The molecule has 9 aromatic rings. The summed E-state index contributed by atoms with van der Waals surface area (Å²) in [5.41, 5.74) is 19.0. The second-order valence-electron chi connectivity index (χ2n) is 18.3. The van der Waals surface area contributed by atoms with Crippen molar-refractivity contribution in [3.05, 3.63) is 240 Å². The van der Waals surface area contributed by atoms with E-state index in [9.17, 15) is 10.5 Å². The Morgan fingerprint density at radius 1 is 0.303 bits per heavy atom. The maximum atomic E-state index is 11.2. The average molecular weight is 847 g/mol. The van der Waals surface area contributed by atoms with Gasteiger partial charge in [0.2, 0.25) is 0 Å². The standard InChI is InChI=1S/C62H46N4/c1-61(2)49-23-11-15-27-53(49)65(54-28-16-12-24-50(54)61)45-35-31-43(32-36-45)59-57(41-19-7-5-8-20-41)47(39-63)48(40-64)58(42-21-9-6-10-22-42)60(59)44-33-37-46(38-34-44)66-55-29-17-13-25-51(55)62(3,4)52-26-14-18-30-56(52)66/h5-38H,1-4H3. The third kappa shape index (κ3) is 6.18. The molecule has 0 bridgehead atoms. The third-order valence-electron chi connectivity index (χ3n) is 14.0. The molecule has 9 aromatic carbocycles. The van der Waals surface area contributed by atoms with Crippen molar-refractivity contribution in [2.75, 3.05) is 9.80 Å². The van der Waals surface area contributed by atoms with Crippen molar-refractivity contribution in [2.45, 2.75) is 38.5 Å². The fourth-order valence-corrected chi connectivity index (χ4v) is 10.8. The van der Waals surface area contributed by atoms with Gasteiger partial charge in [-0.2, -0.15) is 10.5 Å². The first-order chi connectivity index (χ1) is 32.2. The van der Waals surface area contributed by atoms with Crippen LogP contribution < -0.4 is 9.80 Å². The fourth-order valence-electron chi connectivity index (χ4n) is 10.8. The van der Waals surface area contributed by atoms with E-state index in [1.807, 2.05) is 60.7 Å². The number of fused-ring (bicyclic) bond motifs is 4. The van der Waals surface area contributed by atoms with E-state index in [2.05, 4.69) is 195 Å². The maximum Gasteiger partial charge on any atom is 0.101 e. The highest BCUT2D eigenvalue weighted by Crippen LogP contribution is 2.55. The zero-order valence-corrected chi connectivity index (χ0v) is 37.4. The Morgan fingerprint density at radius 3 is 0.848 bits per heavy atom. The highest BCUT2D eigenvalue weighted by atomic mass is 15.2. The molecule has 0 aromatic heterocycles. The first-order valence-corrected chi connectivity index (χ1v) is 22.6. The minimum absolute atomic E-state index is 0.181. The number of anilines is 6. The Balaban J connectivity index is 1.16. The van der Waals surface area contributed by atoms with Crippen molar-refractivity contribution in [1.29, 1.82) is 10.5 Å². The van der Waals surface area contributed by atoms with Crippen molar-refractivity contribution in [1.82, 2.24) is 0 Å². The lowest BCUT2D eigenvalue weighted by atomic mass is 9.73. The lowest BCUT2D eigenvalue weighted by Gasteiger charge is -2.42. The zero-order chi connectivity index (χ0) is 45.2. The number of nitriles is 2. The van der Waals surface area contributed by atoms with E-state index in [4.69, 9.17) is 0 Å². The summed E-state index contributed by atoms with van der Waals surface area (Å²) >= 11 is 0. The van der Waals surface area contributed by atoms with Crippen molar-refractivity contribution < 1.29 is 0 Å². The number of hydrogen-bond acceptors (Lipinski definition) is 4. The highest BCUT2D eigenvalue weighted by Gasteiger charge is 2.38. The summed E-state index contributed by atoms with van der Waals surface area (Å²) in [5.74, 6) is 0. The molecular weight excluding hydrogens is 801 g/mol. The van der Waals surface area contributed by atoms with Gasteiger partial charge in [-0.15, -0.1) is 0 Å². The Bertz CT molecular complexity index is 3090. The molecule has 0 saturated heterocycles. The van der Waals surface area contributed by atoms with Gasteiger partial charge in [0.1, 0.15) is 12.1 Å². The SMILES string of the molecule is CC1(C)c2ccccc2N(c2ccc(-c3c(-c4ccccc4)c(C#N)c(C#N)c(-c4ccccc4)c3-c3ccc(N4c5ccccc5C(C)(C)c5ccccc54)cc3)cc2)c2ccccc21. The smallest absolute Gasteiger partial charge is 0.101 e. The Kier molecular flexibility index (Phi) is 9.58. The van der Waals surface area contributed by atoms with Crippen LogP contribution in [0.2, 0.25) is 0 Å². The van der Waals surface area contributed by atoms with E-state index in [1.165, 1.54) is 22.3 Å². The Morgan fingerprint density at radius 2 is 0.561 bits per heavy atom. The molecule has 0 fully saturated rings. The van der Waals surface area contributed by atoms with Crippen LogP contribution in [0, 0.1) is 22.7 Å². The third-order valence-corrected chi connectivity index (χ3v) is 14.0. The second-order valence-corrected chi connectivity index (χ2v) is 18.3. The molecule has 2 heterocycles. The summed E-state index contributed by atoms with van der Waals surface area (Å²) in [5, 5.41) is 22.4. The van der Waals surface area contributed by atoms with Gasteiger partial charge in [0.15, 0.2) is 0 Å². The minimum Gasteiger partial charge on any atom is -0.310 e. The van der Waals surface area contributed by atoms with E-state index >= 15 is 0 Å². The topological polar surface area (TPSA) is 54.1 Å². The van der Waals surface area contributed by atoms with E-state index in [-0.39, 0.29) is 10.8 Å². The van der Waals surface area contributed by atoms with Gasteiger partial charge in [-0.05, 0) is 104 Å². The molecule has 0 spiro atoms. The Labute approximate surface area is 387 Å². The van der Waals surface area contributed by atoms with Gasteiger partial charge in [0.05, 0.1) is 33.9 Å². The summed E-state index contributed by atoms with van der Waals surface area (Å²) in [7, 11) is 0. The molecule has 0 saturated carbocycles. The first kappa shape index (κ1) is 40.3. The van der Waals surface area contributed by atoms with Gasteiger partial charge >= 0.3 is 0 Å². The van der Waals surface area contributed by atoms with Crippen LogP contribution in [0.1, 0.15) is 61.1 Å². The second kappa shape index (κ2) is 15.7. The quantitative estimate of drug-likeness (QED) is 0.167. The van der Waals surface area contributed by atoms with Crippen LogP contribution in [0.15, 0.2) is 206 Å². The predicted octanol–water partition coefficient (Wildman–Crippen LogP) is 16.3. The summed E-state index contributed by atoms with van der Waals surface area (Å²) in [6.07, 6.45) is 0. The molecule has 4 nitrogen and oxygen atoms in total.